The SMILES string of the molecule is CC(C)CC1CC(c2ccccc2)CCN1[C@@H]1CNCC12CCCc1nc(Cl)ccc12. The predicted molar refractivity (Wildman–Crippen MR) is 129 cm³/mol. The third kappa shape index (κ3) is 4.05. The molecule has 0 saturated carbocycles. The Morgan fingerprint density at radius 2 is 2.03 bits per heavy atom. The van der Waals surface area contributed by atoms with Crippen LogP contribution in [0.5, 0.6) is 0 Å². The van der Waals surface area contributed by atoms with Gasteiger partial charge in [0.15, 0.2) is 0 Å². The van der Waals surface area contributed by atoms with Crippen LogP contribution < -0.4 is 5.32 Å². The molecule has 0 amide bonds. The summed E-state index contributed by atoms with van der Waals surface area (Å²) < 4.78 is 0. The molecule has 31 heavy (non-hydrogen) atoms. The lowest BCUT2D eigenvalue weighted by Gasteiger charge is -2.50. The first kappa shape index (κ1) is 21.4. The van der Waals surface area contributed by atoms with E-state index in [9.17, 15) is 0 Å². The van der Waals surface area contributed by atoms with Gasteiger partial charge in [-0.2, -0.15) is 0 Å². The molecule has 3 heterocycles. The molecule has 1 spiro atoms. The van der Waals surface area contributed by atoms with Crippen LogP contribution in [0.2, 0.25) is 5.15 Å². The second-order valence-electron chi connectivity index (χ2n) is 10.4. The van der Waals surface area contributed by atoms with E-state index in [2.05, 4.69) is 60.5 Å². The molecule has 0 bridgehead atoms. The number of benzene rings is 1. The normalized spacial score (nSPS) is 31.3. The Morgan fingerprint density at radius 1 is 1.19 bits per heavy atom. The molecule has 3 unspecified atom stereocenters. The highest BCUT2D eigenvalue weighted by molar-refractivity contribution is 6.29. The number of hydrogen-bond acceptors (Lipinski definition) is 3. The molecule has 3 aliphatic rings. The third-order valence-electron chi connectivity index (χ3n) is 8.11. The lowest BCUT2D eigenvalue weighted by Crippen LogP contribution is -2.57. The summed E-state index contributed by atoms with van der Waals surface area (Å²) in [5.41, 5.74) is 4.41. The molecule has 1 aromatic heterocycles. The largest absolute Gasteiger partial charge is 0.314 e. The van der Waals surface area contributed by atoms with Crippen molar-refractivity contribution >= 4 is 11.6 Å². The summed E-state index contributed by atoms with van der Waals surface area (Å²) in [7, 11) is 0. The summed E-state index contributed by atoms with van der Waals surface area (Å²) in [4.78, 5) is 7.66. The minimum atomic E-state index is 0.181. The van der Waals surface area contributed by atoms with E-state index < -0.39 is 0 Å². The number of fused-ring (bicyclic) bond motifs is 2. The Bertz CT molecular complexity index is 899. The highest BCUT2D eigenvalue weighted by Crippen LogP contribution is 2.46. The fourth-order valence-electron chi connectivity index (χ4n) is 6.82. The average Bonchev–Trinajstić information content (AvgIpc) is 3.17. The van der Waals surface area contributed by atoms with Crippen LogP contribution in [0, 0.1) is 5.92 Å². The maximum absolute atomic E-state index is 6.27. The Morgan fingerprint density at radius 3 is 2.84 bits per heavy atom. The van der Waals surface area contributed by atoms with Crippen LogP contribution in [0.15, 0.2) is 42.5 Å². The lowest BCUT2D eigenvalue weighted by molar-refractivity contribution is 0.0442. The van der Waals surface area contributed by atoms with Crippen LogP contribution in [0.25, 0.3) is 0 Å². The van der Waals surface area contributed by atoms with E-state index in [1.807, 2.05) is 6.07 Å². The van der Waals surface area contributed by atoms with Crippen molar-refractivity contribution in [3.63, 3.8) is 0 Å². The summed E-state index contributed by atoms with van der Waals surface area (Å²) in [5.74, 6) is 1.40. The van der Waals surface area contributed by atoms with Gasteiger partial charge in [-0.1, -0.05) is 61.8 Å². The second kappa shape index (κ2) is 8.84. The minimum absolute atomic E-state index is 0.181. The standard InChI is InChI=1S/C27H36ClN3/c1-19(2)15-22-16-21(20-7-4-3-5-8-20)12-14-31(22)25-17-29-18-27(25)13-6-9-24-23(27)10-11-26(28)30-24/h3-5,7-8,10-11,19,21-22,25,29H,6,9,12-18H2,1-2H3/t21?,22?,25-,27?/m1/s1. The number of halogens is 1. The summed E-state index contributed by atoms with van der Waals surface area (Å²) in [6.45, 7) is 8.12. The van der Waals surface area contributed by atoms with Gasteiger partial charge in [-0.15, -0.1) is 0 Å². The number of hydrogen-bond donors (Lipinski definition) is 1. The Balaban J connectivity index is 1.46. The zero-order valence-corrected chi connectivity index (χ0v) is 19.7. The molecule has 3 nitrogen and oxygen atoms in total. The molecule has 4 atom stereocenters. The summed E-state index contributed by atoms with van der Waals surface area (Å²) in [5, 5.41) is 4.44. The zero-order valence-electron chi connectivity index (χ0n) is 19.0. The second-order valence-corrected chi connectivity index (χ2v) is 10.8. The van der Waals surface area contributed by atoms with Gasteiger partial charge in [0.05, 0.1) is 0 Å². The van der Waals surface area contributed by atoms with Crippen molar-refractivity contribution in [3.05, 3.63) is 64.4 Å². The summed E-state index contributed by atoms with van der Waals surface area (Å²) in [6, 6.07) is 16.7. The average molecular weight is 438 g/mol. The van der Waals surface area contributed by atoms with Gasteiger partial charge in [0.25, 0.3) is 0 Å². The predicted octanol–water partition coefficient (Wildman–Crippen LogP) is 5.58. The third-order valence-corrected chi connectivity index (χ3v) is 8.32. The van der Waals surface area contributed by atoms with Crippen LogP contribution >= 0.6 is 11.6 Å². The fourth-order valence-corrected chi connectivity index (χ4v) is 6.98. The molecule has 1 N–H and O–H groups in total. The van der Waals surface area contributed by atoms with Crippen LogP contribution in [-0.4, -0.2) is 41.6 Å². The van der Waals surface area contributed by atoms with E-state index in [-0.39, 0.29) is 5.41 Å². The molecule has 2 fully saturated rings. The van der Waals surface area contributed by atoms with Gasteiger partial charge in [0, 0.05) is 36.3 Å². The minimum Gasteiger partial charge on any atom is -0.314 e. The number of nitrogens with one attached hydrogen (secondary N) is 1. The van der Waals surface area contributed by atoms with Crippen LogP contribution in [0.1, 0.15) is 68.7 Å². The number of piperidine rings is 1. The van der Waals surface area contributed by atoms with Crippen molar-refractivity contribution in [2.24, 2.45) is 5.92 Å². The number of aryl methyl sites for hydroxylation is 1. The molecule has 166 valence electrons. The number of nitrogens with zero attached hydrogens (tertiary/aromatic N) is 2. The molecule has 0 radical (unpaired) electrons. The van der Waals surface area contributed by atoms with Gasteiger partial charge in [0.2, 0.25) is 0 Å². The van der Waals surface area contributed by atoms with Crippen molar-refractivity contribution < 1.29 is 0 Å². The summed E-state index contributed by atoms with van der Waals surface area (Å²) in [6.07, 6.45) is 7.36. The molecule has 5 rings (SSSR count). The van der Waals surface area contributed by atoms with Crippen LogP contribution in [0.4, 0.5) is 0 Å². The Labute approximate surface area is 192 Å². The monoisotopic (exact) mass is 437 g/mol. The summed E-state index contributed by atoms with van der Waals surface area (Å²) >= 11 is 6.27. The van der Waals surface area contributed by atoms with Gasteiger partial charge in [-0.05, 0) is 74.1 Å². The topological polar surface area (TPSA) is 28.2 Å². The lowest BCUT2D eigenvalue weighted by atomic mass is 9.67. The van der Waals surface area contributed by atoms with E-state index in [0.29, 0.717) is 29.1 Å². The van der Waals surface area contributed by atoms with E-state index in [1.54, 1.807) is 0 Å². The van der Waals surface area contributed by atoms with Gasteiger partial charge in [-0.25, -0.2) is 4.98 Å². The van der Waals surface area contributed by atoms with Gasteiger partial charge < -0.3 is 5.32 Å². The molecule has 2 saturated heterocycles. The van der Waals surface area contributed by atoms with Crippen molar-refractivity contribution in [2.75, 3.05) is 19.6 Å². The molecular formula is C27H36ClN3. The first-order valence-electron chi connectivity index (χ1n) is 12.2. The molecule has 2 aromatic rings. The van der Waals surface area contributed by atoms with Crippen molar-refractivity contribution in [2.45, 2.75) is 75.8 Å². The highest BCUT2D eigenvalue weighted by Gasteiger charge is 2.51. The number of aromatic nitrogens is 1. The van der Waals surface area contributed by atoms with Crippen molar-refractivity contribution in [1.29, 1.82) is 0 Å². The molecule has 1 aliphatic carbocycles. The number of pyridine rings is 1. The van der Waals surface area contributed by atoms with E-state index in [4.69, 9.17) is 16.6 Å². The van der Waals surface area contributed by atoms with E-state index in [1.165, 1.54) is 55.5 Å². The van der Waals surface area contributed by atoms with Gasteiger partial charge in [0.1, 0.15) is 5.15 Å². The van der Waals surface area contributed by atoms with Crippen LogP contribution in [-0.2, 0) is 11.8 Å². The Kier molecular flexibility index (Phi) is 6.11. The van der Waals surface area contributed by atoms with Crippen molar-refractivity contribution in [3.8, 4) is 0 Å². The van der Waals surface area contributed by atoms with Crippen LogP contribution in [0.3, 0.4) is 0 Å². The Hall–Kier alpha value is -1.42. The number of rotatable bonds is 4. The maximum atomic E-state index is 6.27. The van der Waals surface area contributed by atoms with Crippen molar-refractivity contribution in [1.82, 2.24) is 15.2 Å². The highest BCUT2D eigenvalue weighted by atomic mass is 35.5. The molecule has 4 heteroatoms. The van der Waals surface area contributed by atoms with E-state index in [0.717, 1.165) is 19.5 Å². The van der Waals surface area contributed by atoms with Gasteiger partial charge >= 0.3 is 0 Å². The maximum Gasteiger partial charge on any atom is 0.129 e. The van der Waals surface area contributed by atoms with E-state index >= 15 is 0 Å². The first-order chi connectivity index (χ1) is 15.1. The molecule has 1 aromatic carbocycles. The number of likely N-dealkylation sites (tertiary alicyclic amines) is 1. The fraction of sp³-hybridized carbons (Fsp3) is 0.593. The quantitative estimate of drug-likeness (QED) is 0.633. The zero-order chi connectivity index (χ0) is 21.4. The molecule has 2 aliphatic heterocycles. The smallest absolute Gasteiger partial charge is 0.129 e. The van der Waals surface area contributed by atoms with Gasteiger partial charge in [-0.3, -0.25) is 4.90 Å². The first-order valence-corrected chi connectivity index (χ1v) is 12.6. The molecular weight excluding hydrogens is 402 g/mol.